The Hall–Kier alpha value is -1.55. The number of H-pyrrole nitrogens is 1. The van der Waals surface area contributed by atoms with Gasteiger partial charge in [-0.25, -0.2) is 4.98 Å². The number of hydrogen-bond acceptors (Lipinski definition) is 3. The number of aromatic nitrogens is 2. The van der Waals surface area contributed by atoms with Gasteiger partial charge in [-0.05, 0) is 38.5 Å². The molecule has 2 aromatic rings. The molecular formula is C16H23N3O. The third kappa shape index (κ3) is 2.18. The average Bonchev–Trinajstić information content (AvgIpc) is 2.77. The lowest BCUT2D eigenvalue weighted by Gasteiger charge is -2.52. The molecule has 1 aromatic carbocycles. The molecule has 0 saturated heterocycles. The summed E-state index contributed by atoms with van der Waals surface area (Å²) in [5.41, 5.74) is 3.43. The Balaban J connectivity index is 1.74. The Labute approximate surface area is 119 Å². The summed E-state index contributed by atoms with van der Waals surface area (Å²) in [5, 5.41) is 3.63. The molecule has 1 heterocycles. The smallest absolute Gasteiger partial charge is 0.104 e. The van der Waals surface area contributed by atoms with Crippen LogP contribution in [0.3, 0.4) is 0 Å². The van der Waals surface area contributed by atoms with Gasteiger partial charge in [-0.15, -0.1) is 0 Å². The van der Waals surface area contributed by atoms with Crippen molar-refractivity contribution in [2.75, 3.05) is 11.9 Å². The summed E-state index contributed by atoms with van der Waals surface area (Å²) in [4.78, 5) is 7.71. The molecule has 20 heavy (non-hydrogen) atoms. The van der Waals surface area contributed by atoms with Gasteiger partial charge in [-0.2, -0.15) is 0 Å². The van der Waals surface area contributed by atoms with E-state index < -0.39 is 0 Å². The summed E-state index contributed by atoms with van der Waals surface area (Å²) < 4.78 is 5.78. The summed E-state index contributed by atoms with van der Waals surface area (Å²) in [6, 6.07) is 6.76. The van der Waals surface area contributed by atoms with Crippen molar-refractivity contribution in [1.82, 2.24) is 9.97 Å². The molecule has 1 fully saturated rings. The van der Waals surface area contributed by atoms with Crippen molar-refractivity contribution < 1.29 is 4.74 Å². The van der Waals surface area contributed by atoms with Gasteiger partial charge in [0.1, 0.15) is 5.82 Å². The van der Waals surface area contributed by atoms with Crippen molar-refractivity contribution in [2.45, 2.75) is 46.3 Å². The lowest BCUT2D eigenvalue weighted by atomic mass is 9.64. The first kappa shape index (κ1) is 13.4. The molecule has 2 unspecified atom stereocenters. The number of benzene rings is 1. The molecule has 3 rings (SSSR count). The Morgan fingerprint density at radius 2 is 2.25 bits per heavy atom. The van der Waals surface area contributed by atoms with E-state index in [1.807, 2.05) is 6.92 Å². The van der Waals surface area contributed by atoms with Crippen LogP contribution in [0.1, 0.15) is 33.0 Å². The first-order chi connectivity index (χ1) is 9.50. The molecule has 0 spiro atoms. The van der Waals surface area contributed by atoms with Crippen LogP contribution in [0.4, 0.5) is 5.69 Å². The highest BCUT2D eigenvalue weighted by Gasteiger charge is 2.48. The number of ether oxygens (including phenoxy) is 1. The third-order valence-corrected chi connectivity index (χ3v) is 4.49. The average molecular weight is 273 g/mol. The minimum atomic E-state index is 0.175. The third-order valence-electron chi connectivity index (χ3n) is 4.49. The molecule has 4 nitrogen and oxygen atoms in total. The molecule has 1 saturated carbocycles. The molecule has 108 valence electrons. The Kier molecular flexibility index (Phi) is 3.21. The maximum absolute atomic E-state index is 5.78. The van der Waals surface area contributed by atoms with Crippen LogP contribution in [0, 0.1) is 12.3 Å². The summed E-state index contributed by atoms with van der Waals surface area (Å²) in [6.45, 7) is 9.38. The number of nitrogens with one attached hydrogen (secondary N) is 2. The van der Waals surface area contributed by atoms with Crippen LogP contribution in [0.15, 0.2) is 18.2 Å². The number of hydrogen-bond donors (Lipinski definition) is 2. The second kappa shape index (κ2) is 4.77. The SMILES string of the molecule is CCOC1CC(Nc2ccc3nc(C)[nH]c3c2)C1(C)C. The lowest BCUT2D eigenvalue weighted by Crippen LogP contribution is -2.58. The molecule has 2 N–H and O–H groups in total. The molecule has 0 radical (unpaired) electrons. The Morgan fingerprint density at radius 1 is 1.45 bits per heavy atom. The molecular weight excluding hydrogens is 250 g/mol. The van der Waals surface area contributed by atoms with Gasteiger partial charge in [0.05, 0.1) is 17.1 Å². The number of aryl methyl sites for hydroxylation is 1. The van der Waals surface area contributed by atoms with Crippen molar-refractivity contribution in [2.24, 2.45) is 5.41 Å². The van der Waals surface area contributed by atoms with Gasteiger partial charge in [-0.1, -0.05) is 13.8 Å². The topological polar surface area (TPSA) is 49.9 Å². The molecule has 0 amide bonds. The van der Waals surface area contributed by atoms with Crippen LogP contribution in [0.25, 0.3) is 11.0 Å². The lowest BCUT2D eigenvalue weighted by molar-refractivity contribution is -0.0975. The second-order valence-electron chi connectivity index (χ2n) is 6.25. The van der Waals surface area contributed by atoms with E-state index in [0.717, 1.165) is 35.6 Å². The number of anilines is 1. The van der Waals surface area contributed by atoms with Gasteiger partial charge in [-0.3, -0.25) is 0 Å². The largest absolute Gasteiger partial charge is 0.382 e. The van der Waals surface area contributed by atoms with Crippen molar-refractivity contribution in [1.29, 1.82) is 0 Å². The maximum Gasteiger partial charge on any atom is 0.104 e. The molecule has 2 atom stereocenters. The van der Waals surface area contributed by atoms with E-state index in [1.54, 1.807) is 0 Å². The fraction of sp³-hybridized carbons (Fsp3) is 0.562. The van der Waals surface area contributed by atoms with E-state index in [-0.39, 0.29) is 5.41 Å². The van der Waals surface area contributed by atoms with E-state index in [9.17, 15) is 0 Å². The van der Waals surface area contributed by atoms with E-state index in [0.29, 0.717) is 12.1 Å². The first-order valence-electron chi connectivity index (χ1n) is 7.35. The molecule has 0 bridgehead atoms. The monoisotopic (exact) mass is 273 g/mol. The second-order valence-corrected chi connectivity index (χ2v) is 6.25. The number of nitrogens with zero attached hydrogens (tertiary/aromatic N) is 1. The Bertz CT molecular complexity index is 617. The van der Waals surface area contributed by atoms with E-state index in [4.69, 9.17) is 4.74 Å². The normalized spacial score (nSPS) is 24.6. The van der Waals surface area contributed by atoms with Crippen molar-refractivity contribution >= 4 is 16.7 Å². The highest BCUT2D eigenvalue weighted by molar-refractivity contribution is 5.79. The molecule has 0 aliphatic heterocycles. The zero-order valence-corrected chi connectivity index (χ0v) is 12.7. The van der Waals surface area contributed by atoms with Crippen LogP contribution < -0.4 is 5.32 Å². The highest BCUT2D eigenvalue weighted by atomic mass is 16.5. The predicted octanol–water partition coefficient (Wildman–Crippen LogP) is 3.49. The minimum Gasteiger partial charge on any atom is -0.382 e. The maximum atomic E-state index is 5.78. The highest BCUT2D eigenvalue weighted by Crippen LogP contribution is 2.44. The molecule has 1 aliphatic carbocycles. The van der Waals surface area contributed by atoms with Crippen LogP contribution in [-0.4, -0.2) is 28.7 Å². The molecule has 1 aromatic heterocycles. The minimum absolute atomic E-state index is 0.175. The van der Waals surface area contributed by atoms with Gasteiger partial charge >= 0.3 is 0 Å². The van der Waals surface area contributed by atoms with Gasteiger partial charge in [0.25, 0.3) is 0 Å². The van der Waals surface area contributed by atoms with Crippen LogP contribution in [-0.2, 0) is 4.74 Å². The quantitative estimate of drug-likeness (QED) is 0.896. The summed E-state index contributed by atoms with van der Waals surface area (Å²) in [6.07, 6.45) is 1.43. The Morgan fingerprint density at radius 3 is 2.95 bits per heavy atom. The number of fused-ring (bicyclic) bond motifs is 1. The van der Waals surface area contributed by atoms with Crippen LogP contribution >= 0.6 is 0 Å². The van der Waals surface area contributed by atoms with Crippen molar-refractivity contribution in [3.63, 3.8) is 0 Å². The van der Waals surface area contributed by atoms with E-state index in [2.05, 4.69) is 54.3 Å². The van der Waals surface area contributed by atoms with Crippen molar-refractivity contribution in [3.8, 4) is 0 Å². The molecule has 4 heteroatoms. The summed E-state index contributed by atoms with van der Waals surface area (Å²) in [5.74, 6) is 0.956. The van der Waals surface area contributed by atoms with Gasteiger partial charge in [0.15, 0.2) is 0 Å². The standard InChI is InChI=1S/C16H23N3O/c1-5-20-15-9-14(16(15,3)4)19-11-6-7-12-13(8-11)18-10(2)17-12/h6-8,14-15,19H,5,9H2,1-4H3,(H,17,18). The fourth-order valence-corrected chi connectivity index (χ4v) is 3.04. The summed E-state index contributed by atoms with van der Waals surface area (Å²) >= 11 is 0. The molecule has 1 aliphatic rings. The number of imidazole rings is 1. The van der Waals surface area contributed by atoms with Gasteiger partial charge < -0.3 is 15.0 Å². The zero-order valence-electron chi connectivity index (χ0n) is 12.7. The van der Waals surface area contributed by atoms with Crippen LogP contribution in [0.2, 0.25) is 0 Å². The van der Waals surface area contributed by atoms with E-state index >= 15 is 0 Å². The van der Waals surface area contributed by atoms with Gasteiger partial charge in [0, 0.05) is 23.8 Å². The fourth-order valence-electron chi connectivity index (χ4n) is 3.04. The predicted molar refractivity (Wildman–Crippen MR) is 82.1 cm³/mol. The zero-order chi connectivity index (χ0) is 14.3. The van der Waals surface area contributed by atoms with Crippen LogP contribution in [0.5, 0.6) is 0 Å². The number of rotatable bonds is 4. The van der Waals surface area contributed by atoms with E-state index in [1.165, 1.54) is 0 Å². The van der Waals surface area contributed by atoms with Crippen molar-refractivity contribution in [3.05, 3.63) is 24.0 Å². The van der Waals surface area contributed by atoms with Gasteiger partial charge in [0.2, 0.25) is 0 Å². The summed E-state index contributed by atoms with van der Waals surface area (Å²) in [7, 11) is 0. The first-order valence-corrected chi connectivity index (χ1v) is 7.35. The number of aromatic amines is 1.